The summed E-state index contributed by atoms with van der Waals surface area (Å²) in [5.41, 5.74) is 0. The summed E-state index contributed by atoms with van der Waals surface area (Å²) in [6, 6.07) is 7.53. The zero-order valence-electron chi connectivity index (χ0n) is 34.3. The molecule has 0 bridgehead atoms. The number of rotatable bonds is 36. The number of hydrogen-bond donors (Lipinski definition) is 2. The summed E-state index contributed by atoms with van der Waals surface area (Å²) in [5, 5.41) is 21.4. The second-order valence-corrected chi connectivity index (χ2v) is 16.9. The zero-order chi connectivity index (χ0) is 36.8. The minimum Gasteiger partial charge on any atom is -0.491 e. The largest absolute Gasteiger partial charge is 0.491 e. The normalized spacial score (nSPS) is 13.4. The predicted octanol–water partition coefficient (Wildman–Crippen LogP) is 10.7. The van der Waals surface area contributed by atoms with Crippen LogP contribution >= 0.6 is 0 Å². The van der Waals surface area contributed by atoms with Crippen LogP contribution in [0.2, 0.25) is 0 Å². The molecule has 0 amide bonds. The van der Waals surface area contributed by atoms with E-state index < -0.39 is 12.2 Å². The van der Waals surface area contributed by atoms with Crippen LogP contribution in [-0.2, 0) is 0 Å². The summed E-state index contributed by atoms with van der Waals surface area (Å²) in [7, 11) is 8.84. The third kappa shape index (κ3) is 28.3. The fourth-order valence-corrected chi connectivity index (χ4v) is 7.21. The van der Waals surface area contributed by atoms with Gasteiger partial charge in [0.05, 0.1) is 41.3 Å². The molecule has 0 saturated heterocycles. The first-order valence-electron chi connectivity index (χ1n) is 21.4. The Morgan fingerprint density at radius 3 is 0.920 bits per heavy atom. The number of likely N-dealkylation sites (N-methyl/N-ethyl adjacent to an activating group) is 2. The molecule has 1 aromatic carbocycles. The van der Waals surface area contributed by atoms with Crippen molar-refractivity contribution in [2.45, 2.75) is 180 Å². The Morgan fingerprint density at radius 2 is 0.660 bits per heavy atom. The Balaban J connectivity index is 2.12. The highest BCUT2D eigenvalue weighted by Gasteiger charge is 2.22. The fraction of sp³-hybridized carbons (Fsp3) is 0.864. The molecule has 0 aliphatic heterocycles. The van der Waals surface area contributed by atoms with Crippen LogP contribution in [0, 0.1) is 0 Å². The van der Waals surface area contributed by atoms with Gasteiger partial charge in [-0.25, -0.2) is 0 Å². The van der Waals surface area contributed by atoms with Crippen molar-refractivity contribution in [3.05, 3.63) is 24.3 Å². The summed E-state index contributed by atoms with van der Waals surface area (Å²) in [5.74, 6) is 1.45. The minimum atomic E-state index is -0.509. The number of nitrogens with zero attached hydrogens (tertiary/aromatic N) is 2. The Hall–Kier alpha value is -1.34. The van der Waals surface area contributed by atoms with E-state index in [1.54, 1.807) is 0 Å². The molecule has 1 aromatic rings. The summed E-state index contributed by atoms with van der Waals surface area (Å²) in [4.78, 5) is 0. The lowest BCUT2D eigenvalue weighted by atomic mass is 10.1. The standard InChI is InChI=1S/C44H86N2O4/c1-7-9-11-13-15-17-19-21-23-25-27-29-35-45(3,4)37-41(47)39-49-43-31-33-44(34-32-43)50-40-42(48)38-46(5,6)36-30-28-26-24-22-20-18-16-14-12-10-8-2/h31-34,41-42,47-48H,7-30,35-40H2,1-6H3/q+2. The second kappa shape index (κ2) is 30.2. The van der Waals surface area contributed by atoms with Gasteiger partial charge in [0.15, 0.2) is 0 Å². The number of aliphatic hydroxyl groups is 2. The van der Waals surface area contributed by atoms with Crippen LogP contribution in [0.25, 0.3) is 0 Å². The highest BCUT2D eigenvalue weighted by Crippen LogP contribution is 2.19. The third-order valence-corrected chi connectivity index (χ3v) is 10.4. The fourth-order valence-electron chi connectivity index (χ4n) is 7.21. The smallest absolute Gasteiger partial charge is 0.137 e. The second-order valence-electron chi connectivity index (χ2n) is 16.9. The Morgan fingerprint density at radius 1 is 0.420 bits per heavy atom. The SMILES string of the molecule is CCCCCCCCCCCCCC[N+](C)(C)CC(O)COc1ccc(OCC(O)C[N+](C)(C)CCCCCCCCCCCCCC)cc1. The molecule has 0 spiro atoms. The van der Waals surface area contributed by atoms with E-state index in [0.29, 0.717) is 13.1 Å². The maximum atomic E-state index is 10.7. The number of unbranched alkanes of at least 4 members (excludes halogenated alkanes) is 22. The highest BCUT2D eigenvalue weighted by molar-refractivity contribution is 5.31. The molecular weight excluding hydrogens is 620 g/mol. The molecule has 2 unspecified atom stereocenters. The van der Waals surface area contributed by atoms with Crippen LogP contribution in [0.15, 0.2) is 24.3 Å². The van der Waals surface area contributed by atoms with Gasteiger partial charge in [-0.15, -0.1) is 0 Å². The predicted molar refractivity (Wildman–Crippen MR) is 215 cm³/mol. The van der Waals surface area contributed by atoms with E-state index in [0.717, 1.165) is 33.6 Å². The van der Waals surface area contributed by atoms with E-state index >= 15 is 0 Å². The molecule has 2 atom stereocenters. The van der Waals surface area contributed by atoms with Crippen molar-refractivity contribution in [1.82, 2.24) is 0 Å². The molecule has 0 aliphatic carbocycles. The lowest BCUT2D eigenvalue weighted by Crippen LogP contribution is -2.47. The summed E-state index contributed by atoms with van der Waals surface area (Å²) in [6.07, 6.45) is 31.7. The molecular formula is C44H86N2O4+2. The topological polar surface area (TPSA) is 58.9 Å². The molecule has 294 valence electrons. The number of quaternary nitrogens is 2. The van der Waals surface area contributed by atoms with Gasteiger partial charge in [-0.2, -0.15) is 0 Å². The van der Waals surface area contributed by atoms with Gasteiger partial charge >= 0.3 is 0 Å². The number of ether oxygens (including phenoxy) is 2. The average molecular weight is 707 g/mol. The van der Waals surface area contributed by atoms with Gasteiger partial charge in [0.2, 0.25) is 0 Å². The lowest BCUT2D eigenvalue weighted by molar-refractivity contribution is -0.893. The molecule has 0 saturated carbocycles. The quantitative estimate of drug-likeness (QED) is 0.0539. The van der Waals surface area contributed by atoms with E-state index in [-0.39, 0.29) is 13.2 Å². The number of aliphatic hydroxyl groups excluding tert-OH is 2. The molecule has 6 nitrogen and oxygen atoms in total. The van der Waals surface area contributed by atoms with Gasteiger partial charge < -0.3 is 28.7 Å². The van der Waals surface area contributed by atoms with Crippen LogP contribution in [0.3, 0.4) is 0 Å². The van der Waals surface area contributed by atoms with Crippen molar-refractivity contribution in [2.24, 2.45) is 0 Å². The van der Waals surface area contributed by atoms with E-state index in [4.69, 9.17) is 9.47 Å². The summed E-state index contributed by atoms with van der Waals surface area (Å²) in [6.45, 7) is 8.67. The molecule has 0 aliphatic rings. The molecule has 0 heterocycles. The first-order valence-corrected chi connectivity index (χ1v) is 21.4. The van der Waals surface area contributed by atoms with Gasteiger partial charge in [0.25, 0.3) is 0 Å². The van der Waals surface area contributed by atoms with Crippen molar-refractivity contribution >= 4 is 0 Å². The Bertz CT molecular complexity index is 804. The maximum Gasteiger partial charge on any atom is 0.137 e. The molecule has 6 heteroatoms. The summed E-state index contributed by atoms with van der Waals surface area (Å²) < 4.78 is 13.4. The van der Waals surface area contributed by atoms with Crippen LogP contribution in [0.5, 0.6) is 11.5 Å². The van der Waals surface area contributed by atoms with Crippen LogP contribution < -0.4 is 9.47 Å². The van der Waals surface area contributed by atoms with Gasteiger partial charge in [-0.1, -0.05) is 142 Å². The van der Waals surface area contributed by atoms with Gasteiger partial charge in [0, 0.05) is 0 Å². The van der Waals surface area contributed by atoms with E-state index in [9.17, 15) is 10.2 Å². The highest BCUT2D eigenvalue weighted by atomic mass is 16.5. The van der Waals surface area contributed by atoms with Gasteiger partial charge in [-0.3, -0.25) is 0 Å². The average Bonchev–Trinajstić information content (AvgIpc) is 3.07. The maximum absolute atomic E-state index is 10.7. The molecule has 1 rings (SSSR count). The number of hydrogen-bond acceptors (Lipinski definition) is 4. The number of benzene rings is 1. The molecule has 50 heavy (non-hydrogen) atoms. The molecule has 2 N–H and O–H groups in total. The van der Waals surface area contributed by atoms with Crippen molar-refractivity contribution in [2.75, 3.05) is 67.6 Å². The van der Waals surface area contributed by atoms with E-state index in [1.165, 1.54) is 154 Å². The van der Waals surface area contributed by atoms with Crippen molar-refractivity contribution in [1.29, 1.82) is 0 Å². The van der Waals surface area contributed by atoms with Crippen LogP contribution in [-0.4, -0.2) is 99.0 Å². The Kier molecular flexibility index (Phi) is 28.2. The van der Waals surface area contributed by atoms with Crippen molar-refractivity contribution in [3.8, 4) is 11.5 Å². The molecule has 0 radical (unpaired) electrons. The van der Waals surface area contributed by atoms with E-state index in [2.05, 4.69) is 42.0 Å². The summed E-state index contributed by atoms with van der Waals surface area (Å²) >= 11 is 0. The van der Waals surface area contributed by atoms with Gasteiger partial charge in [0.1, 0.15) is 50.0 Å². The first-order chi connectivity index (χ1) is 24.1. The molecule has 0 aromatic heterocycles. The zero-order valence-corrected chi connectivity index (χ0v) is 34.3. The third-order valence-electron chi connectivity index (χ3n) is 10.4. The lowest BCUT2D eigenvalue weighted by Gasteiger charge is -2.32. The molecule has 0 fully saturated rings. The first kappa shape index (κ1) is 46.7. The van der Waals surface area contributed by atoms with Crippen LogP contribution in [0.1, 0.15) is 168 Å². The van der Waals surface area contributed by atoms with Gasteiger partial charge in [-0.05, 0) is 49.9 Å². The van der Waals surface area contributed by atoms with Crippen LogP contribution in [0.4, 0.5) is 0 Å². The minimum absolute atomic E-state index is 0.283. The van der Waals surface area contributed by atoms with E-state index in [1.807, 2.05) is 24.3 Å². The van der Waals surface area contributed by atoms with Crippen molar-refractivity contribution in [3.63, 3.8) is 0 Å². The Labute approximate surface area is 311 Å². The van der Waals surface area contributed by atoms with Crippen molar-refractivity contribution < 1.29 is 28.7 Å². The monoisotopic (exact) mass is 707 g/mol.